The minimum atomic E-state index is -1.08. The van der Waals surface area contributed by atoms with Crippen molar-refractivity contribution in [3.63, 3.8) is 0 Å². The highest BCUT2D eigenvalue weighted by Gasteiger charge is 2.63. The summed E-state index contributed by atoms with van der Waals surface area (Å²) in [5.41, 5.74) is 5.19. The van der Waals surface area contributed by atoms with E-state index < -0.39 is 29.2 Å². The van der Waals surface area contributed by atoms with Gasteiger partial charge in [0, 0.05) is 0 Å². The topological polar surface area (TPSA) is 98.5 Å². The molecule has 2 bridgehead atoms. The molecule has 3 aliphatic heterocycles. The van der Waals surface area contributed by atoms with Crippen LogP contribution in [0.25, 0.3) is 0 Å². The van der Waals surface area contributed by atoms with E-state index in [-0.39, 0.29) is 6.42 Å². The van der Waals surface area contributed by atoms with Gasteiger partial charge in [0.15, 0.2) is 5.60 Å². The van der Waals surface area contributed by atoms with Crippen molar-refractivity contribution >= 4 is 17.7 Å². The van der Waals surface area contributed by atoms with Gasteiger partial charge in [0.05, 0.1) is 12.0 Å². The molecule has 6 nitrogen and oxygen atoms in total. The molecule has 3 rings (SSSR count). The molecule has 3 aliphatic rings. The fraction of sp³-hybridized carbons (Fsp3) is 0.364. The van der Waals surface area contributed by atoms with Crippen molar-refractivity contribution in [1.29, 1.82) is 0 Å². The standard InChI is InChI=1S/C11H10N2O4/c1-4-2-5-7-8(10(16)13-9(7)15)11(4,17-5)3-6(12)14/h2,8H,3H2,1H3,(H2,12,14)(H,13,15,16). The summed E-state index contributed by atoms with van der Waals surface area (Å²) in [6, 6.07) is 0. The lowest BCUT2D eigenvalue weighted by atomic mass is 9.75. The van der Waals surface area contributed by atoms with Crippen molar-refractivity contribution in [2.75, 3.05) is 0 Å². The third-order valence-electron chi connectivity index (χ3n) is 3.51. The van der Waals surface area contributed by atoms with Gasteiger partial charge in [-0.15, -0.1) is 0 Å². The molecule has 0 spiro atoms. The first-order chi connectivity index (χ1) is 7.95. The van der Waals surface area contributed by atoms with Gasteiger partial charge < -0.3 is 10.5 Å². The van der Waals surface area contributed by atoms with Crippen LogP contribution in [-0.2, 0) is 19.1 Å². The van der Waals surface area contributed by atoms with Crippen molar-refractivity contribution < 1.29 is 19.1 Å². The Hall–Kier alpha value is -2.11. The van der Waals surface area contributed by atoms with E-state index in [0.717, 1.165) is 5.57 Å². The summed E-state index contributed by atoms with van der Waals surface area (Å²) in [6.45, 7) is 1.77. The molecule has 17 heavy (non-hydrogen) atoms. The van der Waals surface area contributed by atoms with Crippen LogP contribution in [0.5, 0.6) is 0 Å². The van der Waals surface area contributed by atoms with Crippen molar-refractivity contribution in [1.82, 2.24) is 5.32 Å². The Morgan fingerprint density at radius 2 is 2.29 bits per heavy atom. The molecule has 1 fully saturated rings. The number of imide groups is 1. The Labute approximate surface area is 96.5 Å². The van der Waals surface area contributed by atoms with Gasteiger partial charge >= 0.3 is 0 Å². The average Bonchev–Trinajstić information content (AvgIpc) is 2.76. The zero-order valence-electron chi connectivity index (χ0n) is 9.07. The Morgan fingerprint density at radius 1 is 1.59 bits per heavy atom. The molecule has 88 valence electrons. The summed E-state index contributed by atoms with van der Waals surface area (Å²) in [5.74, 6) is -1.77. The number of nitrogens with one attached hydrogen (secondary N) is 1. The summed E-state index contributed by atoms with van der Waals surface area (Å²) >= 11 is 0. The summed E-state index contributed by atoms with van der Waals surface area (Å²) in [5, 5.41) is 2.24. The smallest absolute Gasteiger partial charge is 0.258 e. The monoisotopic (exact) mass is 234 g/mol. The van der Waals surface area contributed by atoms with Crippen molar-refractivity contribution in [2.45, 2.75) is 18.9 Å². The third-order valence-corrected chi connectivity index (χ3v) is 3.51. The second-order valence-corrected chi connectivity index (χ2v) is 4.49. The fourth-order valence-electron chi connectivity index (χ4n) is 2.79. The fourth-order valence-corrected chi connectivity index (χ4v) is 2.79. The SMILES string of the molecule is CC1=CC2=C3C(=O)NC(=O)C3C1(CC(N)=O)O2. The zero-order valence-corrected chi connectivity index (χ0v) is 9.07. The van der Waals surface area contributed by atoms with E-state index in [9.17, 15) is 14.4 Å². The molecule has 3 N–H and O–H groups in total. The summed E-state index contributed by atoms with van der Waals surface area (Å²) in [6.07, 6.45) is 1.58. The van der Waals surface area contributed by atoms with Gasteiger partial charge in [0.1, 0.15) is 11.7 Å². The molecular weight excluding hydrogens is 224 g/mol. The van der Waals surface area contributed by atoms with Crippen LogP contribution in [0, 0.1) is 5.92 Å². The molecule has 2 unspecified atom stereocenters. The molecule has 0 radical (unpaired) electrons. The molecule has 3 heterocycles. The van der Waals surface area contributed by atoms with E-state index in [0.29, 0.717) is 11.3 Å². The lowest BCUT2D eigenvalue weighted by Crippen LogP contribution is -2.44. The second-order valence-electron chi connectivity index (χ2n) is 4.49. The Morgan fingerprint density at radius 3 is 2.94 bits per heavy atom. The average molecular weight is 234 g/mol. The normalized spacial score (nSPS) is 33.5. The van der Waals surface area contributed by atoms with Crippen LogP contribution >= 0.6 is 0 Å². The second kappa shape index (κ2) is 2.77. The number of hydrogen-bond donors (Lipinski definition) is 2. The van der Waals surface area contributed by atoms with Gasteiger partial charge in [-0.05, 0) is 18.6 Å². The van der Waals surface area contributed by atoms with Crippen LogP contribution in [0.15, 0.2) is 23.0 Å². The number of carbonyl (C=O) groups excluding carboxylic acids is 3. The molecule has 0 aromatic carbocycles. The highest BCUT2D eigenvalue weighted by Crippen LogP contribution is 2.53. The van der Waals surface area contributed by atoms with Crippen LogP contribution in [0.3, 0.4) is 0 Å². The van der Waals surface area contributed by atoms with E-state index in [1.807, 2.05) is 0 Å². The lowest BCUT2D eigenvalue weighted by molar-refractivity contribution is -0.130. The number of amides is 3. The van der Waals surface area contributed by atoms with Crippen LogP contribution in [0.1, 0.15) is 13.3 Å². The number of allylic oxidation sites excluding steroid dienone is 1. The number of rotatable bonds is 2. The van der Waals surface area contributed by atoms with Gasteiger partial charge in [-0.25, -0.2) is 0 Å². The van der Waals surface area contributed by atoms with Crippen LogP contribution < -0.4 is 11.1 Å². The van der Waals surface area contributed by atoms with Gasteiger partial charge in [-0.2, -0.15) is 0 Å². The maximum atomic E-state index is 11.8. The maximum absolute atomic E-state index is 11.8. The molecule has 6 heteroatoms. The highest BCUT2D eigenvalue weighted by molar-refractivity contribution is 6.17. The van der Waals surface area contributed by atoms with Gasteiger partial charge in [0.2, 0.25) is 11.8 Å². The first-order valence-electron chi connectivity index (χ1n) is 5.21. The number of hydrogen-bond acceptors (Lipinski definition) is 4. The highest BCUT2D eigenvalue weighted by atomic mass is 16.5. The number of primary amides is 1. The van der Waals surface area contributed by atoms with E-state index in [4.69, 9.17) is 10.5 Å². The molecular formula is C11H10N2O4. The van der Waals surface area contributed by atoms with E-state index in [1.165, 1.54) is 0 Å². The first kappa shape index (κ1) is 10.1. The maximum Gasteiger partial charge on any atom is 0.258 e. The zero-order chi connectivity index (χ0) is 12.4. The number of carbonyl (C=O) groups is 3. The minimum Gasteiger partial charge on any atom is -0.481 e. The van der Waals surface area contributed by atoms with E-state index in [2.05, 4.69) is 5.32 Å². The summed E-state index contributed by atoms with van der Waals surface area (Å²) in [7, 11) is 0. The molecule has 2 atom stereocenters. The summed E-state index contributed by atoms with van der Waals surface area (Å²) < 4.78 is 5.60. The van der Waals surface area contributed by atoms with Crippen LogP contribution in [-0.4, -0.2) is 23.3 Å². The first-order valence-corrected chi connectivity index (χ1v) is 5.21. The van der Waals surface area contributed by atoms with Gasteiger partial charge in [-0.1, -0.05) is 0 Å². The largest absolute Gasteiger partial charge is 0.481 e. The summed E-state index contributed by atoms with van der Waals surface area (Å²) in [4.78, 5) is 34.5. The van der Waals surface area contributed by atoms with E-state index >= 15 is 0 Å². The van der Waals surface area contributed by atoms with Gasteiger partial charge in [0.25, 0.3) is 5.91 Å². The van der Waals surface area contributed by atoms with Crippen molar-refractivity contribution in [3.8, 4) is 0 Å². The third kappa shape index (κ3) is 1.02. The van der Waals surface area contributed by atoms with Gasteiger partial charge in [-0.3, -0.25) is 19.7 Å². The lowest BCUT2D eigenvalue weighted by Gasteiger charge is -2.29. The Kier molecular flexibility index (Phi) is 1.64. The molecule has 0 aromatic rings. The van der Waals surface area contributed by atoms with Crippen molar-refractivity contribution in [3.05, 3.63) is 23.0 Å². The van der Waals surface area contributed by atoms with Crippen molar-refractivity contribution in [2.24, 2.45) is 11.7 Å². The molecule has 0 aliphatic carbocycles. The molecule has 0 saturated carbocycles. The number of ether oxygens (including phenoxy) is 1. The van der Waals surface area contributed by atoms with Crippen LogP contribution in [0.2, 0.25) is 0 Å². The molecule has 1 saturated heterocycles. The molecule has 3 amide bonds. The Bertz CT molecular complexity index is 546. The number of fused-ring (bicyclic) bond motifs is 4. The quantitative estimate of drug-likeness (QED) is 0.606. The molecule has 0 aromatic heterocycles. The Balaban J connectivity index is 2.15. The van der Waals surface area contributed by atoms with E-state index in [1.54, 1.807) is 13.0 Å². The predicted octanol–water partition coefficient (Wildman–Crippen LogP) is -0.883. The minimum absolute atomic E-state index is 0.103. The van der Waals surface area contributed by atoms with Crippen LogP contribution in [0.4, 0.5) is 0 Å². The number of nitrogens with two attached hydrogens (primary N) is 1. The predicted molar refractivity (Wildman–Crippen MR) is 55.1 cm³/mol.